The number of rotatable bonds is 4. The van der Waals surface area contributed by atoms with E-state index in [0.717, 1.165) is 31.0 Å². The highest BCUT2D eigenvalue weighted by Crippen LogP contribution is 2.28. The molecule has 18 heavy (non-hydrogen) atoms. The second-order valence-corrected chi connectivity index (χ2v) is 4.56. The van der Waals surface area contributed by atoms with Gasteiger partial charge in [-0.25, -0.2) is 0 Å². The summed E-state index contributed by atoms with van der Waals surface area (Å²) in [5, 5.41) is 0. The van der Waals surface area contributed by atoms with Crippen LogP contribution in [0.5, 0.6) is 5.75 Å². The van der Waals surface area contributed by atoms with E-state index in [4.69, 9.17) is 15.3 Å². The van der Waals surface area contributed by atoms with Crippen LogP contribution in [-0.2, 0) is 4.74 Å². The maximum absolute atomic E-state index is 5.82. The van der Waals surface area contributed by atoms with E-state index >= 15 is 0 Å². The van der Waals surface area contributed by atoms with Gasteiger partial charge in [0.15, 0.2) is 0 Å². The van der Waals surface area contributed by atoms with Gasteiger partial charge in [0, 0.05) is 18.7 Å². The predicted molar refractivity (Wildman–Crippen MR) is 70.3 cm³/mol. The highest BCUT2D eigenvalue weighted by atomic mass is 16.5. The van der Waals surface area contributed by atoms with E-state index in [2.05, 4.69) is 17.4 Å². The summed E-state index contributed by atoms with van der Waals surface area (Å²) in [6.45, 7) is 2.54. The van der Waals surface area contributed by atoms with E-state index in [1.807, 2.05) is 24.3 Å². The molecule has 1 aromatic rings. The van der Waals surface area contributed by atoms with Gasteiger partial charge in [0.2, 0.25) is 0 Å². The lowest BCUT2D eigenvalue weighted by molar-refractivity contribution is -0.0396. The van der Waals surface area contributed by atoms with E-state index in [9.17, 15) is 0 Å². The predicted octanol–water partition coefficient (Wildman–Crippen LogP) is 0.530. The zero-order valence-corrected chi connectivity index (χ0v) is 10.9. The van der Waals surface area contributed by atoms with Crippen LogP contribution in [-0.4, -0.2) is 44.9 Å². The molecular weight excluding hydrogens is 230 g/mol. The monoisotopic (exact) mass is 251 g/mol. The third-order valence-corrected chi connectivity index (χ3v) is 3.32. The van der Waals surface area contributed by atoms with Crippen LogP contribution in [0.25, 0.3) is 0 Å². The molecule has 1 saturated heterocycles. The number of morpholine rings is 1. The Balaban J connectivity index is 2.21. The second kappa shape index (κ2) is 6.15. The fraction of sp³-hybridized carbons (Fsp3) is 0.538. The molecule has 2 atom stereocenters. The summed E-state index contributed by atoms with van der Waals surface area (Å²) in [4.78, 5) is 2.24. The maximum Gasteiger partial charge on any atom is 0.123 e. The van der Waals surface area contributed by atoms with Crippen LogP contribution in [0.1, 0.15) is 11.6 Å². The fourth-order valence-corrected chi connectivity index (χ4v) is 2.33. The van der Waals surface area contributed by atoms with Crippen molar-refractivity contribution in [2.75, 3.05) is 33.9 Å². The van der Waals surface area contributed by atoms with Crippen molar-refractivity contribution in [1.82, 2.24) is 10.3 Å². The summed E-state index contributed by atoms with van der Waals surface area (Å²) in [6.07, 6.45) is 0.0325. The Kier molecular flexibility index (Phi) is 4.54. The summed E-state index contributed by atoms with van der Waals surface area (Å²) in [7, 11) is 3.76. The Hall–Kier alpha value is -1.14. The summed E-state index contributed by atoms with van der Waals surface area (Å²) < 4.78 is 11.2. The first-order valence-corrected chi connectivity index (χ1v) is 6.15. The number of nitrogens with zero attached hydrogens (tertiary/aromatic N) is 1. The molecule has 2 rings (SSSR count). The highest BCUT2D eigenvalue weighted by Gasteiger charge is 2.29. The Bertz CT molecular complexity index is 386. The first kappa shape index (κ1) is 13.3. The van der Waals surface area contributed by atoms with Gasteiger partial charge in [0.25, 0.3) is 0 Å². The van der Waals surface area contributed by atoms with Crippen LogP contribution in [0.2, 0.25) is 0 Å². The average molecular weight is 251 g/mol. The topological polar surface area (TPSA) is 59.8 Å². The van der Waals surface area contributed by atoms with Crippen LogP contribution in [0.4, 0.5) is 0 Å². The summed E-state index contributed by atoms with van der Waals surface area (Å²) >= 11 is 0. The zero-order valence-electron chi connectivity index (χ0n) is 10.9. The molecule has 0 aliphatic carbocycles. The lowest BCUT2D eigenvalue weighted by Crippen LogP contribution is -2.48. The van der Waals surface area contributed by atoms with Crippen molar-refractivity contribution in [1.29, 1.82) is 0 Å². The largest absolute Gasteiger partial charge is 0.496 e. The van der Waals surface area contributed by atoms with Crippen molar-refractivity contribution in [2.24, 2.45) is 5.84 Å². The Morgan fingerprint density at radius 3 is 2.94 bits per heavy atom. The lowest BCUT2D eigenvalue weighted by Gasteiger charge is -2.35. The van der Waals surface area contributed by atoms with Gasteiger partial charge >= 0.3 is 0 Å². The molecule has 0 saturated carbocycles. The molecular formula is C13H21N3O2. The van der Waals surface area contributed by atoms with Crippen LogP contribution in [0.3, 0.4) is 0 Å². The first-order chi connectivity index (χ1) is 8.76. The molecule has 1 aliphatic rings. The van der Waals surface area contributed by atoms with Crippen molar-refractivity contribution in [3.8, 4) is 5.75 Å². The maximum atomic E-state index is 5.82. The minimum Gasteiger partial charge on any atom is -0.496 e. The molecule has 5 heteroatoms. The number of nitrogens with two attached hydrogens (primary N) is 1. The van der Waals surface area contributed by atoms with Gasteiger partial charge < -0.3 is 14.4 Å². The van der Waals surface area contributed by atoms with E-state index < -0.39 is 0 Å². The van der Waals surface area contributed by atoms with E-state index in [-0.39, 0.29) is 12.1 Å². The Morgan fingerprint density at radius 2 is 2.28 bits per heavy atom. The van der Waals surface area contributed by atoms with Gasteiger partial charge in [0.1, 0.15) is 5.75 Å². The second-order valence-electron chi connectivity index (χ2n) is 4.56. The molecule has 1 aromatic carbocycles. The third kappa shape index (κ3) is 2.81. The summed E-state index contributed by atoms with van der Waals surface area (Å²) in [5.74, 6) is 6.53. The van der Waals surface area contributed by atoms with Gasteiger partial charge in [-0.05, 0) is 13.1 Å². The van der Waals surface area contributed by atoms with Gasteiger partial charge in [0.05, 0.1) is 25.9 Å². The molecule has 2 unspecified atom stereocenters. The molecule has 0 spiro atoms. The van der Waals surface area contributed by atoms with Crippen molar-refractivity contribution in [3.05, 3.63) is 29.8 Å². The van der Waals surface area contributed by atoms with Crippen LogP contribution in [0, 0.1) is 0 Å². The standard InChI is InChI=1S/C13H21N3O2/c1-16-7-8-18-12(9-16)13(15-14)10-5-3-4-6-11(10)17-2/h3-6,12-13,15H,7-9,14H2,1-2H3. The van der Waals surface area contributed by atoms with Crippen molar-refractivity contribution >= 4 is 0 Å². The highest BCUT2D eigenvalue weighted by molar-refractivity contribution is 5.36. The minimum atomic E-state index is -0.0658. The molecule has 0 aromatic heterocycles. The smallest absolute Gasteiger partial charge is 0.123 e. The number of likely N-dealkylation sites (N-methyl/N-ethyl adjacent to an activating group) is 1. The zero-order chi connectivity index (χ0) is 13.0. The van der Waals surface area contributed by atoms with E-state index in [1.54, 1.807) is 7.11 Å². The van der Waals surface area contributed by atoms with Gasteiger partial charge in [-0.3, -0.25) is 11.3 Å². The quantitative estimate of drug-likeness (QED) is 0.604. The van der Waals surface area contributed by atoms with Crippen LogP contribution in [0.15, 0.2) is 24.3 Å². The minimum absolute atomic E-state index is 0.0325. The molecule has 5 nitrogen and oxygen atoms in total. The van der Waals surface area contributed by atoms with Gasteiger partial charge in [-0.15, -0.1) is 0 Å². The third-order valence-electron chi connectivity index (χ3n) is 3.32. The number of ether oxygens (including phenoxy) is 2. The molecule has 0 bridgehead atoms. The Morgan fingerprint density at radius 1 is 1.50 bits per heavy atom. The number of hydrogen-bond acceptors (Lipinski definition) is 5. The molecule has 1 fully saturated rings. The van der Waals surface area contributed by atoms with Gasteiger partial charge in [-0.1, -0.05) is 18.2 Å². The SMILES string of the molecule is COc1ccccc1C(NN)C1CN(C)CCO1. The van der Waals surface area contributed by atoms with Crippen molar-refractivity contribution in [2.45, 2.75) is 12.1 Å². The molecule has 1 heterocycles. The van der Waals surface area contributed by atoms with Crippen molar-refractivity contribution < 1.29 is 9.47 Å². The Labute approximate surface area is 108 Å². The van der Waals surface area contributed by atoms with Crippen LogP contribution >= 0.6 is 0 Å². The lowest BCUT2D eigenvalue weighted by atomic mass is 9.99. The molecule has 0 radical (unpaired) electrons. The van der Waals surface area contributed by atoms with E-state index in [1.165, 1.54) is 0 Å². The first-order valence-electron chi connectivity index (χ1n) is 6.15. The molecule has 3 N–H and O–H groups in total. The number of para-hydroxylation sites is 1. The number of nitrogens with one attached hydrogen (secondary N) is 1. The van der Waals surface area contributed by atoms with Gasteiger partial charge in [-0.2, -0.15) is 0 Å². The number of hydrogen-bond donors (Lipinski definition) is 2. The van der Waals surface area contributed by atoms with Crippen LogP contribution < -0.4 is 16.0 Å². The number of methoxy groups -OCH3 is 1. The number of benzene rings is 1. The van der Waals surface area contributed by atoms with Crippen molar-refractivity contribution in [3.63, 3.8) is 0 Å². The number of hydrazine groups is 1. The van der Waals surface area contributed by atoms with E-state index in [0.29, 0.717) is 0 Å². The normalized spacial score (nSPS) is 22.7. The average Bonchev–Trinajstić information content (AvgIpc) is 2.40. The molecule has 0 amide bonds. The fourth-order valence-electron chi connectivity index (χ4n) is 2.33. The molecule has 100 valence electrons. The summed E-state index contributed by atoms with van der Waals surface area (Å²) in [5.41, 5.74) is 3.88. The molecule has 1 aliphatic heterocycles. The summed E-state index contributed by atoms with van der Waals surface area (Å²) in [6, 6.07) is 7.82.